The fourth-order valence-electron chi connectivity index (χ4n) is 3.98. The summed E-state index contributed by atoms with van der Waals surface area (Å²) in [5.41, 5.74) is 6.74. The summed E-state index contributed by atoms with van der Waals surface area (Å²) >= 11 is 0. The molecule has 0 aromatic carbocycles. The summed E-state index contributed by atoms with van der Waals surface area (Å²) in [7, 11) is -2.19. The van der Waals surface area contributed by atoms with Gasteiger partial charge in [0.2, 0.25) is 15.9 Å². The maximum Gasteiger partial charge on any atom is 0.240 e. The topological polar surface area (TPSA) is 96.2 Å². The van der Waals surface area contributed by atoms with E-state index in [0.29, 0.717) is 45.9 Å². The van der Waals surface area contributed by atoms with Gasteiger partial charge in [0.25, 0.3) is 0 Å². The van der Waals surface area contributed by atoms with E-state index in [2.05, 4.69) is 9.80 Å². The first-order valence-corrected chi connectivity index (χ1v) is 11.3. The van der Waals surface area contributed by atoms with Crippen LogP contribution < -0.4 is 5.73 Å². The number of ether oxygens (including phenoxy) is 1. The number of rotatable bonds is 8. The van der Waals surface area contributed by atoms with Crippen molar-refractivity contribution in [3.63, 3.8) is 0 Å². The minimum absolute atomic E-state index is 0.229. The van der Waals surface area contributed by atoms with Crippen LogP contribution in [-0.2, 0) is 19.6 Å². The molecule has 160 valence electrons. The third-order valence-corrected chi connectivity index (χ3v) is 8.44. The molecule has 2 aliphatic rings. The van der Waals surface area contributed by atoms with Gasteiger partial charge in [-0.3, -0.25) is 4.79 Å². The quantitative estimate of drug-likeness (QED) is 0.577. The highest BCUT2D eigenvalue weighted by atomic mass is 32.2. The summed E-state index contributed by atoms with van der Waals surface area (Å²) in [6, 6.07) is 0. The number of nitrogens with zero attached hydrogens (tertiary/aromatic N) is 3. The molecule has 8 nitrogen and oxygen atoms in total. The second kappa shape index (κ2) is 9.87. The molecule has 2 rings (SSSR count). The molecular formula is C19H34N4O4S. The average molecular weight is 415 g/mol. The lowest BCUT2D eigenvalue weighted by molar-refractivity contribution is -0.121. The molecule has 0 bridgehead atoms. The molecule has 2 saturated heterocycles. The molecular weight excluding hydrogens is 380 g/mol. The largest absolute Gasteiger partial charge is 0.383 e. The van der Waals surface area contributed by atoms with Gasteiger partial charge in [-0.25, -0.2) is 8.42 Å². The Labute approximate surface area is 169 Å². The number of carbonyl (C=O) groups is 1. The van der Waals surface area contributed by atoms with Crippen molar-refractivity contribution in [3.05, 3.63) is 23.9 Å². The van der Waals surface area contributed by atoms with E-state index >= 15 is 0 Å². The number of carbonyl (C=O) groups excluding carboxylic acids is 1. The highest BCUT2D eigenvalue weighted by Crippen LogP contribution is 2.34. The summed E-state index contributed by atoms with van der Waals surface area (Å²) in [5, 5.41) is 0. The van der Waals surface area contributed by atoms with Crippen molar-refractivity contribution in [1.29, 1.82) is 0 Å². The van der Waals surface area contributed by atoms with Crippen LogP contribution in [0.15, 0.2) is 23.9 Å². The minimum atomic E-state index is -3.82. The first kappa shape index (κ1) is 22.9. The Bertz CT molecular complexity index is 689. The van der Waals surface area contributed by atoms with Crippen molar-refractivity contribution >= 4 is 15.9 Å². The van der Waals surface area contributed by atoms with Gasteiger partial charge in [-0.2, -0.15) is 4.31 Å². The number of likely N-dealkylation sites (tertiary alicyclic amines) is 1. The zero-order valence-electron chi connectivity index (χ0n) is 17.3. The van der Waals surface area contributed by atoms with Crippen molar-refractivity contribution < 1.29 is 17.9 Å². The van der Waals surface area contributed by atoms with Gasteiger partial charge in [0.15, 0.2) is 4.75 Å². The Balaban J connectivity index is 2.10. The maximum absolute atomic E-state index is 13.4. The van der Waals surface area contributed by atoms with Crippen molar-refractivity contribution in [1.82, 2.24) is 14.1 Å². The van der Waals surface area contributed by atoms with Crippen LogP contribution >= 0.6 is 0 Å². The van der Waals surface area contributed by atoms with Gasteiger partial charge in [0, 0.05) is 58.6 Å². The molecule has 0 spiro atoms. The molecule has 0 radical (unpaired) electrons. The van der Waals surface area contributed by atoms with Crippen LogP contribution in [0.4, 0.5) is 0 Å². The number of hydrogen-bond acceptors (Lipinski definition) is 6. The van der Waals surface area contributed by atoms with Crippen molar-refractivity contribution in [2.75, 3.05) is 59.5 Å². The van der Waals surface area contributed by atoms with Gasteiger partial charge in [0.05, 0.1) is 6.61 Å². The summed E-state index contributed by atoms with van der Waals surface area (Å²) in [6.07, 6.45) is 6.47. The molecule has 0 aromatic heterocycles. The van der Waals surface area contributed by atoms with Crippen molar-refractivity contribution in [2.24, 2.45) is 5.73 Å². The number of nitrogens with two attached hydrogens (primary N) is 1. The van der Waals surface area contributed by atoms with Gasteiger partial charge >= 0.3 is 0 Å². The maximum atomic E-state index is 13.4. The molecule has 0 atom stereocenters. The Hall–Kier alpha value is -1.42. The number of methoxy groups -OCH3 is 1. The SMILES string of the molecule is C/C=C\C(=C/C)N1CCN(S(=O)(=O)C2(C(N)=O)CCN(CCOC)CC2)CC1. The van der Waals surface area contributed by atoms with E-state index in [0.717, 1.165) is 12.2 Å². The van der Waals surface area contributed by atoms with Gasteiger partial charge in [0.1, 0.15) is 0 Å². The molecule has 2 heterocycles. The number of sulfonamides is 1. The fourth-order valence-corrected chi connectivity index (χ4v) is 6.07. The van der Waals surface area contributed by atoms with Gasteiger partial charge < -0.3 is 20.3 Å². The van der Waals surface area contributed by atoms with Crippen LogP contribution in [0.2, 0.25) is 0 Å². The molecule has 2 N–H and O–H groups in total. The Morgan fingerprint density at radius 3 is 2.18 bits per heavy atom. The van der Waals surface area contributed by atoms with Gasteiger partial charge in [-0.15, -0.1) is 0 Å². The monoisotopic (exact) mass is 414 g/mol. The number of hydrogen-bond donors (Lipinski definition) is 1. The summed E-state index contributed by atoms with van der Waals surface area (Å²) < 4.78 is 31.9. The third kappa shape index (κ3) is 4.59. The number of amides is 1. The Morgan fingerprint density at radius 1 is 1.11 bits per heavy atom. The molecule has 0 saturated carbocycles. The summed E-state index contributed by atoms with van der Waals surface area (Å²) in [4.78, 5) is 16.6. The molecule has 9 heteroatoms. The molecule has 0 unspecified atom stereocenters. The standard InChI is InChI=1S/C19H34N4O4S/c1-4-6-17(5-2)22-11-13-23(14-12-22)28(25,26)19(18(20)24)7-9-21(10-8-19)15-16-27-3/h4-6H,7-16H2,1-3H3,(H2,20,24)/b6-4-,17-5+. The van der Waals surface area contributed by atoms with E-state index < -0.39 is 20.7 Å². The second-order valence-corrected chi connectivity index (χ2v) is 9.55. The van der Waals surface area contributed by atoms with Crippen molar-refractivity contribution in [3.8, 4) is 0 Å². The lowest BCUT2D eigenvalue weighted by atomic mass is 9.95. The van der Waals surface area contributed by atoms with E-state index in [1.165, 1.54) is 4.31 Å². The number of piperidine rings is 1. The lowest BCUT2D eigenvalue weighted by Crippen LogP contribution is -2.63. The zero-order chi connectivity index (χ0) is 20.8. The van der Waals surface area contributed by atoms with Crippen LogP contribution in [0, 0.1) is 0 Å². The van der Waals surface area contributed by atoms with Crippen LogP contribution in [0.1, 0.15) is 26.7 Å². The summed E-state index contributed by atoms with van der Waals surface area (Å²) in [5.74, 6) is -0.732. The highest BCUT2D eigenvalue weighted by molar-refractivity contribution is 7.91. The lowest BCUT2D eigenvalue weighted by Gasteiger charge is -2.44. The first-order valence-electron chi connectivity index (χ1n) is 9.87. The van der Waals surface area contributed by atoms with E-state index in [4.69, 9.17) is 10.5 Å². The van der Waals surface area contributed by atoms with E-state index in [1.54, 1.807) is 7.11 Å². The third-order valence-electron chi connectivity index (χ3n) is 5.80. The fraction of sp³-hybridized carbons (Fsp3) is 0.737. The van der Waals surface area contributed by atoms with Crippen LogP contribution in [-0.4, -0.2) is 92.7 Å². The number of allylic oxidation sites excluding steroid dienone is 3. The Morgan fingerprint density at radius 2 is 1.71 bits per heavy atom. The van der Waals surface area contributed by atoms with E-state index in [9.17, 15) is 13.2 Å². The Kier molecular flexibility index (Phi) is 8.06. The number of primary amides is 1. The van der Waals surface area contributed by atoms with Gasteiger partial charge in [-0.05, 0) is 32.8 Å². The van der Waals surface area contributed by atoms with E-state index in [1.807, 2.05) is 32.1 Å². The van der Waals surface area contributed by atoms with E-state index in [-0.39, 0.29) is 12.8 Å². The first-order chi connectivity index (χ1) is 13.3. The van der Waals surface area contributed by atoms with Crippen LogP contribution in [0.25, 0.3) is 0 Å². The molecule has 28 heavy (non-hydrogen) atoms. The molecule has 2 fully saturated rings. The summed E-state index contributed by atoms with van der Waals surface area (Å²) in [6.45, 7) is 8.19. The molecule has 0 aromatic rings. The highest BCUT2D eigenvalue weighted by Gasteiger charge is 2.53. The molecule has 2 aliphatic heterocycles. The number of piperazine rings is 1. The predicted octanol–water partition coefficient (Wildman–Crippen LogP) is 0.380. The van der Waals surface area contributed by atoms with Crippen LogP contribution in [0.5, 0.6) is 0 Å². The minimum Gasteiger partial charge on any atom is -0.383 e. The van der Waals surface area contributed by atoms with Gasteiger partial charge in [-0.1, -0.05) is 12.2 Å². The zero-order valence-corrected chi connectivity index (χ0v) is 18.1. The average Bonchev–Trinajstić information content (AvgIpc) is 2.70. The normalized spacial score (nSPS) is 22.7. The second-order valence-electron chi connectivity index (χ2n) is 7.30. The smallest absolute Gasteiger partial charge is 0.240 e. The predicted molar refractivity (Wildman–Crippen MR) is 110 cm³/mol. The molecule has 0 aliphatic carbocycles. The molecule has 1 amide bonds. The van der Waals surface area contributed by atoms with Crippen LogP contribution in [0.3, 0.4) is 0 Å². The van der Waals surface area contributed by atoms with Crippen molar-refractivity contribution in [2.45, 2.75) is 31.4 Å².